The Morgan fingerprint density at radius 2 is 2.29 bits per heavy atom. The smallest absolute Gasteiger partial charge is 0.121 e. The van der Waals surface area contributed by atoms with Gasteiger partial charge < -0.3 is 14.6 Å². The minimum atomic E-state index is 0.670. The Kier molecular flexibility index (Phi) is 3.54. The lowest BCUT2D eigenvalue weighted by Gasteiger charge is -2.10. The van der Waals surface area contributed by atoms with Crippen LogP contribution in [0.4, 0.5) is 5.69 Å². The normalized spacial score (nSPS) is 10.3. The molecule has 4 nitrogen and oxygen atoms in total. The van der Waals surface area contributed by atoms with E-state index in [9.17, 15) is 0 Å². The van der Waals surface area contributed by atoms with Crippen molar-refractivity contribution in [1.29, 1.82) is 0 Å². The zero-order valence-corrected chi connectivity index (χ0v) is 10.5. The van der Waals surface area contributed by atoms with E-state index in [1.165, 1.54) is 0 Å². The summed E-state index contributed by atoms with van der Waals surface area (Å²) in [4.78, 5) is 4.06. The van der Waals surface area contributed by atoms with Gasteiger partial charge in [0.15, 0.2) is 0 Å². The van der Waals surface area contributed by atoms with Crippen LogP contribution in [0.25, 0.3) is 0 Å². The van der Waals surface area contributed by atoms with E-state index < -0.39 is 0 Å². The number of ether oxygens (including phenoxy) is 1. The number of nitrogens with one attached hydrogen (secondary N) is 1. The Labute approximate surface area is 105 Å². The van der Waals surface area contributed by atoms with Gasteiger partial charge in [0.25, 0.3) is 0 Å². The van der Waals surface area contributed by atoms with E-state index >= 15 is 0 Å². The summed E-state index contributed by atoms with van der Waals surface area (Å²) in [5.41, 5.74) is 1.94. The molecule has 90 valence electrons. The van der Waals surface area contributed by atoms with E-state index in [1.54, 1.807) is 13.4 Å². The maximum atomic E-state index is 6.09. The van der Waals surface area contributed by atoms with Crippen LogP contribution in [0.5, 0.6) is 5.75 Å². The van der Waals surface area contributed by atoms with Crippen molar-refractivity contribution in [1.82, 2.24) is 9.55 Å². The van der Waals surface area contributed by atoms with Crippen LogP contribution in [-0.2, 0) is 13.6 Å². The number of imidazole rings is 1. The van der Waals surface area contributed by atoms with Crippen molar-refractivity contribution in [3.63, 3.8) is 0 Å². The van der Waals surface area contributed by atoms with E-state index in [-0.39, 0.29) is 0 Å². The molecule has 0 saturated carbocycles. The molecule has 0 saturated heterocycles. The summed E-state index contributed by atoms with van der Waals surface area (Å²) in [6.07, 6.45) is 3.59. The average molecular weight is 252 g/mol. The van der Waals surface area contributed by atoms with Crippen LogP contribution in [0, 0.1) is 0 Å². The third-order valence-electron chi connectivity index (χ3n) is 2.55. The number of nitrogens with zero attached hydrogens (tertiary/aromatic N) is 2. The topological polar surface area (TPSA) is 39.1 Å². The summed E-state index contributed by atoms with van der Waals surface area (Å²) in [6, 6.07) is 5.52. The zero-order chi connectivity index (χ0) is 12.3. The molecule has 5 heteroatoms. The molecule has 0 atom stereocenters. The summed E-state index contributed by atoms with van der Waals surface area (Å²) in [5, 5.41) is 3.93. The number of methoxy groups -OCH3 is 1. The molecule has 0 spiro atoms. The lowest BCUT2D eigenvalue weighted by molar-refractivity contribution is 0.415. The number of hydrogen-bond donors (Lipinski definition) is 1. The molecule has 0 aliphatic carbocycles. The highest BCUT2D eigenvalue weighted by Gasteiger charge is 2.03. The van der Waals surface area contributed by atoms with Crippen LogP contribution in [0.15, 0.2) is 30.7 Å². The first-order chi connectivity index (χ1) is 8.20. The van der Waals surface area contributed by atoms with Crippen LogP contribution in [0.2, 0.25) is 5.02 Å². The molecule has 2 rings (SSSR count). The molecular formula is C12H14ClN3O. The molecular weight excluding hydrogens is 238 g/mol. The first kappa shape index (κ1) is 11.8. The van der Waals surface area contributed by atoms with Gasteiger partial charge in [-0.15, -0.1) is 0 Å². The largest absolute Gasteiger partial charge is 0.497 e. The predicted octanol–water partition coefficient (Wildman–Crippen LogP) is 2.69. The quantitative estimate of drug-likeness (QED) is 0.908. The van der Waals surface area contributed by atoms with Gasteiger partial charge in [-0.3, -0.25) is 0 Å². The fraction of sp³-hybridized carbons (Fsp3) is 0.250. The number of halogens is 1. The molecule has 0 fully saturated rings. The van der Waals surface area contributed by atoms with Gasteiger partial charge in [0.1, 0.15) is 5.75 Å². The van der Waals surface area contributed by atoms with E-state index in [0.29, 0.717) is 11.6 Å². The Hall–Kier alpha value is -1.68. The fourth-order valence-electron chi connectivity index (χ4n) is 1.51. The average Bonchev–Trinajstić information content (AvgIpc) is 2.74. The lowest BCUT2D eigenvalue weighted by Crippen LogP contribution is -2.04. The summed E-state index contributed by atoms with van der Waals surface area (Å²) in [5.74, 6) is 0.780. The van der Waals surface area contributed by atoms with Gasteiger partial charge in [-0.2, -0.15) is 0 Å². The molecule has 2 aromatic rings. The molecule has 1 aromatic heterocycles. The number of anilines is 1. The van der Waals surface area contributed by atoms with Gasteiger partial charge in [-0.1, -0.05) is 11.6 Å². The Morgan fingerprint density at radius 3 is 2.94 bits per heavy atom. The van der Waals surface area contributed by atoms with Crippen LogP contribution < -0.4 is 10.1 Å². The third kappa shape index (κ3) is 2.71. The zero-order valence-electron chi connectivity index (χ0n) is 9.77. The number of rotatable bonds is 4. The van der Waals surface area contributed by atoms with Crippen LogP contribution >= 0.6 is 11.6 Å². The molecule has 1 heterocycles. The van der Waals surface area contributed by atoms with Gasteiger partial charge in [0.2, 0.25) is 0 Å². The predicted molar refractivity (Wildman–Crippen MR) is 68.5 cm³/mol. The second kappa shape index (κ2) is 5.10. The van der Waals surface area contributed by atoms with E-state index in [0.717, 1.165) is 17.1 Å². The minimum absolute atomic E-state index is 0.670. The second-order valence-electron chi connectivity index (χ2n) is 3.70. The Bertz CT molecular complexity index is 510. The molecule has 0 unspecified atom stereocenters. The monoisotopic (exact) mass is 251 g/mol. The first-order valence-electron chi connectivity index (χ1n) is 5.23. The van der Waals surface area contributed by atoms with E-state index in [2.05, 4.69) is 10.3 Å². The minimum Gasteiger partial charge on any atom is -0.497 e. The lowest BCUT2D eigenvalue weighted by atomic mass is 10.3. The molecule has 0 bridgehead atoms. The molecule has 0 aliphatic heterocycles. The van der Waals surface area contributed by atoms with Crippen LogP contribution in [-0.4, -0.2) is 16.7 Å². The standard InChI is InChI=1S/C12H14ClN3O/c1-16-8-14-6-9(16)7-15-12-5-10(17-2)3-4-11(12)13/h3-6,8,15H,7H2,1-2H3. The summed E-state index contributed by atoms with van der Waals surface area (Å²) in [6.45, 7) is 0.670. The van der Waals surface area contributed by atoms with Crippen LogP contribution in [0.3, 0.4) is 0 Å². The van der Waals surface area contributed by atoms with Gasteiger partial charge in [0.05, 0.1) is 36.4 Å². The summed E-state index contributed by atoms with van der Waals surface area (Å²) >= 11 is 6.09. The highest BCUT2D eigenvalue weighted by atomic mass is 35.5. The molecule has 0 radical (unpaired) electrons. The summed E-state index contributed by atoms with van der Waals surface area (Å²) in [7, 11) is 3.59. The van der Waals surface area contributed by atoms with Crippen molar-refractivity contribution in [2.45, 2.75) is 6.54 Å². The van der Waals surface area contributed by atoms with E-state index in [1.807, 2.05) is 36.0 Å². The number of aryl methyl sites for hydroxylation is 1. The molecule has 17 heavy (non-hydrogen) atoms. The van der Waals surface area contributed by atoms with Crippen molar-refractivity contribution < 1.29 is 4.74 Å². The highest BCUT2D eigenvalue weighted by molar-refractivity contribution is 6.33. The molecule has 1 N–H and O–H groups in total. The Balaban J connectivity index is 2.11. The molecule has 0 aliphatic rings. The fourth-order valence-corrected chi connectivity index (χ4v) is 1.69. The second-order valence-corrected chi connectivity index (χ2v) is 4.10. The number of hydrogen-bond acceptors (Lipinski definition) is 3. The van der Waals surface area contributed by atoms with Crippen molar-refractivity contribution in [2.75, 3.05) is 12.4 Å². The van der Waals surface area contributed by atoms with Crippen molar-refractivity contribution in [3.05, 3.63) is 41.4 Å². The van der Waals surface area contributed by atoms with Gasteiger partial charge in [-0.05, 0) is 12.1 Å². The maximum absolute atomic E-state index is 6.09. The van der Waals surface area contributed by atoms with Gasteiger partial charge >= 0.3 is 0 Å². The van der Waals surface area contributed by atoms with Gasteiger partial charge in [-0.25, -0.2) is 4.98 Å². The van der Waals surface area contributed by atoms with Crippen molar-refractivity contribution in [3.8, 4) is 5.75 Å². The first-order valence-corrected chi connectivity index (χ1v) is 5.61. The Morgan fingerprint density at radius 1 is 1.47 bits per heavy atom. The third-order valence-corrected chi connectivity index (χ3v) is 2.88. The van der Waals surface area contributed by atoms with Gasteiger partial charge in [0, 0.05) is 19.3 Å². The summed E-state index contributed by atoms with van der Waals surface area (Å²) < 4.78 is 7.11. The number of aromatic nitrogens is 2. The maximum Gasteiger partial charge on any atom is 0.121 e. The van der Waals surface area contributed by atoms with Crippen LogP contribution in [0.1, 0.15) is 5.69 Å². The van der Waals surface area contributed by atoms with Crippen molar-refractivity contribution in [2.24, 2.45) is 7.05 Å². The molecule has 1 aromatic carbocycles. The highest BCUT2D eigenvalue weighted by Crippen LogP contribution is 2.26. The number of benzene rings is 1. The van der Waals surface area contributed by atoms with Crippen molar-refractivity contribution >= 4 is 17.3 Å². The molecule has 0 amide bonds. The van der Waals surface area contributed by atoms with E-state index in [4.69, 9.17) is 16.3 Å². The SMILES string of the molecule is COc1ccc(Cl)c(NCc2cncn2C)c1.